The van der Waals surface area contributed by atoms with Crippen LogP contribution in [-0.4, -0.2) is 36.2 Å². The van der Waals surface area contributed by atoms with Crippen LogP contribution in [0.25, 0.3) is 0 Å². The van der Waals surface area contributed by atoms with Crippen LogP contribution >= 0.6 is 0 Å². The normalized spacial score (nSPS) is 19.0. The van der Waals surface area contributed by atoms with E-state index in [1.54, 1.807) is 0 Å². The van der Waals surface area contributed by atoms with E-state index in [9.17, 15) is 57.1 Å². The molecule has 0 aromatic carbocycles. The van der Waals surface area contributed by atoms with Crippen molar-refractivity contribution in [2.24, 2.45) is 0 Å². The zero-order valence-corrected chi connectivity index (χ0v) is 9.81. The molecule has 0 saturated heterocycles. The van der Waals surface area contributed by atoms with Gasteiger partial charge in [0, 0.05) is 0 Å². The molecule has 1 aliphatic heterocycles. The van der Waals surface area contributed by atoms with Gasteiger partial charge in [-0.3, -0.25) is 0 Å². The van der Waals surface area contributed by atoms with Crippen molar-refractivity contribution in [3.63, 3.8) is 0 Å². The zero-order chi connectivity index (χ0) is 18.6. The maximum absolute atomic E-state index is 13.1. The lowest BCUT2D eigenvalue weighted by Crippen LogP contribution is -2.68. The first-order valence-corrected chi connectivity index (χ1v) is 4.88. The van der Waals surface area contributed by atoms with Crippen molar-refractivity contribution in [1.29, 1.82) is 0 Å². The summed E-state index contributed by atoms with van der Waals surface area (Å²) < 4.78 is 168. The second-order valence-corrected chi connectivity index (χ2v) is 3.96. The van der Waals surface area contributed by atoms with E-state index in [0.29, 0.717) is 0 Å². The Morgan fingerprint density at radius 3 is 1.22 bits per heavy atom. The number of ether oxygens (including phenoxy) is 2. The van der Waals surface area contributed by atoms with Gasteiger partial charge in [0.1, 0.15) is 0 Å². The average Bonchev–Trinajstić information content (AvgIpc) is 2.68. The highest BCUT2D eigenvalue weighted by Gasteiger charge is 2.89. The maximum Gasteiger partial charge on any atom is 0.460 e. The van der Waals surface area contributed by atoms with E-state index in [1.165, 1.54) is 0 Å². The summed E-state index contributed by atoms with van der Waals surface area (Å²) in [6.45, 7) is 0. The van der Waals surface area contributed by atoms with Gasteiger partial charge in [0.2, 0.25) is 0 Å². The van der Waals surface area contributed by atoms with Gasteiger partial charge >= 0.3 is 48.2 Å². The summed E-state index contributed by atoms with van der Waals surface area (Å²) >= 11 is 0. The van der Waals surface area contributed by atoms with Gasteiger partial charge in [-0.1, -0.05) is 0 Å². The minimum atomic E-state index is -7.72. The second kappa shape index (κ2) is 4.96. The highest BCUT2D eigenvalue weighted by atomic mass is 19.4. The van der Waals surface area contributed by atoms with Gasteiger partial charge in [-0.25, -0.2) is 0 Å². The second-order valence-electron chi connectivity index (χ2n) is 3.96. The van der Waals surface area contributed by atoms with Gasteiger partial charge in [-0.15, -0.1) is 0 Å². The van der Waals surface area contributed by atoms with Gasteiger partial charge in [0.15, 0.2) is 0 Å². The van der Waals surface area contributed by atoms with E-state index >= 15 is 0 Å². The molecule has 136 valence electrons. The minimum Gasteiger partial charge on any atom is -0.419 e. The molecule has 1 rings (SSSR count). The molecule has 0 aromatic heterocycles. The van der Waals surface area contributed by atoms with Crippen LogP contribution in [0.2, 0.25) is 0 Å². The zero-order valence-electron chi connectivity index (χ0n) is 9.81. The summed E-state index contributed by atoms with van der Waals surface area (Å²) in [4.78, 5) is 0. The summed E-state index contributed by atoms with van der Waals surface area (Å²) in [6, 6.07) is -5.45. The molecule has 0 unspecified atom stereocenters. The number of hydrogen-bond donors (Lipinski definition) is 0. The molecule has 2 nitrogen and oxygen atoms in total. The van der Waals surface area contributed by atoms with E-state index in [0.717, 1.165) is 0 Å². The van der Waals surface area contributed by atoms with Crippen molar-refractivity contribution >= 4 is 0 Å². The van der Waals surface area contributed by atoms with E-state index < -0.39 is 48.2 Å². The van der Waals surface area contributed by atoms with Crippen molar-refractivity contribution < 1.29 is 66.5 Å². The SMILES string of the molecule is FC1=C(F)OC(C(F)(F)C(F)(F)C(F)(F)C(F)(F)C(F)(F)F)O1. The van der Waals surface area contributed by atoms with Gasteiger partial charge in [0.05, 0.1) is 0 Å². The third kappa shape index (κ3) is 2.52. The first-order chi connectivity index (χ1) is 9.91. The van der Waals surface area contributed by atoms with Crippen LogP contribution in [0.4, 0.5) is 57.1 Å². The fraction of sp³-hybridized carbons (Fsp3) is 0.750. The average molecular weight is 376 g/mol. The van der Waals surface area contributed by atoms with Gasteiger partial charge in [-0.05, 0) is 0 Å². The third-order valence-electron chi connectivity index (χ3n) is 2.43. The van der Waals surface area contributed by atoms with Gasteiger partial charge < -0.3 is 9.47 Å². The Hall–Kier alpha value is -1.57. The van der Waals surface area contributed by atoms with Crippen molar-refractivity contribution in [1.82, 2.24) is 0 Å². The molecule has 0 atom stereocenters. The van der Waals surface area contributed by atoms with Crippen LogP contribution in [0.1, 0.15) is 0 Å². The largest absolute Gasteiger partial charge is 0.460 e. The smallest absolute Gasteiger partial charge is 0.419 e. The Morgan fingerprint density at radius 1 is 0.565 bits per heavy atom. The van der Waals surface area contributed by atoms with Gasteiger partial charge in [0.25, 0.3) is 0 Å². The highest BCUT2D eigenvalue weighted by molar-refractivity contribution is 5.09. The van der Waals surface area contributed by atoms with Crippen LogP contribution in [0.5, 0.6) is 0 Å². The van der Waals surface area contributed by atoms with E-state index in [4.69, 9.17) is 0 Å². The van der Waals surface area contributed by atoms with Crippen molar-refractivity contribution in [2.45, 2.75) is 36.2 Å². The molecule has 0 bridgehead atoms. The molecule has 0 fully saturated rings. The Balaban J connectivity index is 3.28. The molecule has 0 saturated carbocycles. The third-order valence-corrected chi connectivity index (χ3v) is 2.43. The number of halogens is 13. The lowest BCUT2D eigenvalue weighted by molar-refractivity contribution is -0.436. The first-order valence-electron chi connectivity index (χ1n) is 4.88. The van der Waals surface area contributed by atoms with Crippen LogP contribution < -0.4 is 0 Å². The predicted molar refractivity (Wildman–Crippen MR) is 41.0 cm³/mol. The number of hydrogen-bond acceptors (Lipinski definition) is 2. The molecule has 1 aliphatic rings. The molecule has 15 heteroatoms. The maximum atomic E-state index is 13.1. The van der Waals surface area contributed by atoms with Crippen molar-refractivity contribution in [3.8, 4) is 0 Å². The van der Waals surface area contributed by atoms with Crippen molar-refractivity contribution in [3.05, 3.63) is 12.0 Å². The molecule has 1 heterocycles. The highest BCUT2D eigenvalue weighted by Crippen LogP contribution is 2.58. The molecule has 0 N–H and O–H groups in total. The predicted octanol–water partition coefficient (Wildman–Crippen LogP) is 4.53. The summed E-state index contributed by atoms with van der Waals surface area (Å²) in [5.74, 6) is -29.5. The molecule has 0 amide bonds. The van der Waals surface area contributed by atoms with E-state index in [-0.39, 0.29) is 0 Å². The summed E-state index contributed by atoms with van der Waals surface area (Å²) in [5, 5.41) is 0. The summed E-state index contributed by atoms with van der Waals surface area (Å²) in [6.07, 6.45) is -11.6. The van der Waals surface area contributed by atoms with E-state index in [1.807, 2.05) is 0 Å². The Bertz CT molecular complexity index is 491. The standard InChI is InChI=1S/C8HF13O2/c9-1-2(10)23-3(22-1)4(11,12)5(13,14)6(15,16)7(17,18)8(19,20)21/h3H. The minimum absolute atomic E-state index is 2.73. The van der Waals surface area contributed by atoms with Crippen LogP contribution in [0.3, 0.4) is 0 Å². The molecule has 0 radical (unpaired) electrons. The summed E-state index contributed by atoms with van der Waals surface area (Å²) in [5.41, 5.74) is 0. The lowest BCUT2D eigenvalue weighted by atomic mass is 9.97. The Morgan fingerprint density at radius 2 is 0.913 bits per heavy atom. The fourth-order valence-corrected chi connectivity index (χ4v) is 1.19. The molecule has 0 aromatic rings. The van der Waals surface area contributed by atoms with Crippen LogP contribution in [0.15, 0.2) is 12.0 Å². The van der Waals surface area contributed by atoms with Gasteiger partial charge in [-0.2, -0.15) is 57.1 Å². The van der Waals surface area contributed by atoms with Crippen LogP contribution in [0, 0.1) is 0 Å². The fourth-order valence-electron chi connectivity index (χ4n) is 1.19. The van der Waals surface area contributed by atoms with Crippen LogP contribution in [-0.2, 0) is 9.47 Å². The summed E-state index contributed by atoms with van der Waals surface area (Å²) in [7, 11) is 0. The number of alkyl halides is 11. The van der Waals surface area contributed by atoms with E-state index in [2.05, 4.69) is 9.47 Å². The monoisotopic (exact) mass is 376 g/mol. The molecular weight excluding hydrogens is 375 g/mol. The Labute approximate surface area is 116 Å². The molecular formula is C8HF13O2. The van der Waals surface area contributed by atoms with Crippen molar-refractivity contribution in [2.75, 3.05) is 0 Å². The molecule has 0 spiro atoms. The number of rotatable bonds is 4. The Kier molecular flexibility index (Phi) is 4.20. The lowest BCUT2D eigenvalue weighted by Gasteiger charge is -2.37. The topological polar surface area (TPSA) is 18.5 Å². The molecule has 23 heavy (non-hydrogen) atoms. The first kappa shape index (κ1) is 19.5. The quantitative estimate of drug-likeness (QED) is 0.672. The molecule has 0 aliphatic carbocycles.